The fraction of sp³-hybridized carbons (Fsp3) is 0.647. The standard InChI is InChI=1S/C34H50/c1-3-5-7-8-9-11-13-28-24-32-22-23-33(26-34(32)25-28)31-20-18-30(19-21-31)29-16-14-27(15-17-29)12-10-6-4-2/h18-23,26-29H,3-17,24-25H2,1-2H3/t27-,28?,29-. The Morgan fingerprint density at radius 1 is 0.559 bits per heavy atom. The van der Waals surface area contributed by atoms with Crippen LogP contribution in [0.25, 0.3) is 11.1 Å². The SMILES string of the molecule is CCCCCCCCC1Cc2ccc(-c3ccc([C@H]4CC[C@H](CCCCC)CC4)cc3)cc2C1. The van der Waals surface area contributed by atoms with Gasteiger partial charge in [-0.1, -0.05) is 121 Å². The molecule has 2 aromatic rings. The summed E-state index contributed by atoms with van der Waals surface area (Å²) in [4.78, 5) is 0. The van der Waals surface area contributed by atoms with E-state index in [0.717, 1.165) is 17.8 Å². The molecular formula is C34H50. The summed E-state index contributed by atoms with van der Waals surface area (Å²) in [7, 11) is 0. The summed E-state index contributed by atoms with van der Waals surface area (Å²) >= 11 is 0. The van der Waals surface area contributed by atoms with E-state index in [4.69, 9.17) is 0 Å². The van der Waals surface area contributed by atoms with Crippen molar-refractivity contribution >= 4 is 0 Å². The first-order valence-corrected chi connectivity index (χ1v) is 15.0. The number of hydrogen-bond donors (Lipinski definition) is 0. The van der Waals surface area contributed by atoms with Crippen LogP contribution in [0.4, 0.5) is 0 Å². The van der Waals surface area contributed by atoms with Crippen LogP contribution in [0.3, 0.4) is 0 Å². The molecule has 1 unspecified atom stereocenters. The van der Waals surface area contributed by atoms with Crippen LogP contribution in [0.2, 0.25) is 0 Å². The van der Waals surface area contributed by atoms with E-state index >= 15 is 0 Å². The van der Waals surface area contributed by atoms with Crippen LogP contribution < -0.4 is 0 Å². The van der Waals surface area contributed by atoms with E-state index in [9.17, 15) is 0 Å². The summed E-state index contributed by atoms with van der Waals surface area (Å²) in [5, 5.41) is 0. The molecule has 0 heterocycles. The first kappa shape index (κ1) is 25.5. The maximum absolute atomic E-state index is 2.51. The van der Waals surface area contributed by atoms with Crippen LogP contribution in [0.5, 0.6) is 0 Å². The minimum Gasteiger partial charge on any atom is -0.0654 e. The van der Waals surface area contributed by atoms with Crippen LogP contribution in [0.15, 0.2) is 42.5 Å². The molecule has 0 heteroatoms. The van der Waals surface area contributed by atoms with Gasteiger partial charge in [-0.05, 0) is 90.5 Å². The van der Waals surface area contributed by atoms with Crippen molar-refractivity contribution in [2.45, 2.75) is 129 Å². The first-order valence-electron chi connectivity index (χ1n) is 15.0. The second-order valence-electron chi connectivity index (χ2n) is 11.6. The van der Waals surface area contributed by atoms with Crippen LogP contribution in [0, 0.1) is 11.8 Å². The van der Waals surface area contributed by atoms with Crippen LogP contribution in [-0.2, 0) is 12.8 Å². The van der Waals surface area contributed by atoms with Crippen LogP contribution in [0.1, 0.15) is 133 Å². The van der Waals surface area contributed by atoms with Crippen LogP contribution in [-0.4, -0.2) is 0 Å². The highest BCUT2D eigenvalue weighted by Crippen LogP contribution is 2.39. The molecule has 2 aliphatic carbocycles. The van der Waals surface area contributed by atoms with Gasteiger partial charge in [0.25, 0.3) is 0 Å². The van der Waals surface area contributed by atoms with Gasteiger partial charge < -0.3 is 0 Å². The highest BCUT2D eigenvalue weighted by molar-refractivity contribution is 5.65. The number of fused-ring (bicyclic) bond motifs is 1. The molecule has 0 nitrogen and oxygen atoms in total. The summed E-state index contributed by atoms with van der Waals surface area (Å²) in [5.74, 6) is 2.67. The summed E-state index contributed by atoms with van der Waals surface area (Å²) in [6.07, 6.45) is 23.9. The Morgan fingerprint density at radius 2 is 1.15 bits per heavy atom. The third-order valence-electron chi connectivity index (χ3n) is 8.97. The minimum absolute atomic E-state index is 0.791. The molecule has 4 rings (SSSR count). The maximum atomic E-state index is 2.51. The van der Waals surface area contributed by atoms with Gasteiger partial charge in [-0.3, -0.25) is 0 Å². The predicted octanol–water partition coefficient (Wildman–Crippen LogP) is 10.7. The molecule has 1 atom stereocenters. The van der Waals surface area contributed by atoms with Gasteiger partial charge in [0.1, 0.15) is 0 Å². The number of hydrogen-bond acceptors (Lipinski definition) is 0. The zero-order chi connectivity index (χ0) is 23.6. The quantitative estimate of drug-likeness (QED) is 0.262. The van der Waals surface area contributed by atoms with E-state index in [1.54, 1.807) is 16.7 Å². The molecule has 0 saturated heterocycles. The van der Waals surface area contributed by atoms with Gasteiger partial charge in [-0.2, -0.15) is 0 Å². The fourth-order valence-corrected chi connectivity index (χ4v) is 6.72. The van der Waals surface area contributed by atoms with Crippen LogP contribution >= 0.6 is 0 Å². The lowest BCUT2D eigenvalue weighted by Gasteiger charge is -2.29. The van der Waals surface area contributed by atoms with E-state index in [-0.39, 0.29) is 0 Å². The minimum atomic E-state index is 0.791. The smallest absolute Gasteiger partial charge is 0.0162 e. The zero-order valence-corrected chi connectivity index (χ0v) is 22.3. The van der Waals surface area contributed by atoms with Crippen molar-refractivity contribution in [1.82, 2.24) is 0 Å². The molecule has 186 valence electrons. The average molecular weight is 459 g/mol. The van der Waals surface area contributed by atoms with Crippen molar-refractivity contribution in [3.05, 3.63) is 59.2 Å². The van der Waals surface area contributed by atoms with E-state index in [1.807, 2.05) is 0 Å². The van der Waals surface area contributed by atoms with Crippen molar-refractivity contribution in [1.29, 1.82) is 0 Å². The van der Waals surface area contributed by atoms with Gasteiger partial charge in [-0.15, -0.1) is 0 Å². The van der Waals surface area contributed by atoms with E-state index in [1.165, 1.54) is 120 Å². The molecule has 1 saturated carbocycles. The van der Waals surface area contributed by atoms with Gasteiger partial charge in [0.05, 0.1) is 0 Å². The Bertz CT molecular complexity index is 837. The molecule has 0 N–H and O–H groups in total. The van der Waals surface area contributed by atoms with Gasteiger partial charge in [-0.25, -0.2) is 0 Å². The van der Waals surface area contributed by atoms with Gasteiger partial charge in [0.2, 0.25) is 0 Å². The Labute approximate surface area is 211 Å². The Hall–Kier alpha value is -1.56. The highest BCUT2D eigenvalue weighted by atomic mass is 14.3. The maximum Gasteiger partial charge on any atom is -0.0162 e. The molecule has 0 aliphatic heterocycles. The molecule has 0 spiro atoms. The van der Waals surface area contributed by atoms with Crippen molar-refractivity contribution in [2.75, 3.05) is 0 Å². The van der Waals surface area contributed by atoms with E-state index < -0.39 is 0 Å². The third kappa shape index (κ3) is 7.22. The number of rotatable bonds is 13. The molecule has 34 heavy (non-hydrogen) atoms. The Morgan fingerprint density at radius 3 is 1.91 bits per heavy atom. The Kier molecular flexibility index (Phi) is 10.1. The number of benzene rings is 2. The molecule has 0 amide bonds. The topological polar surface area (TPSA) is 0 Å². The second-order valence-corrected chi connectivity index (χ2v) is 11.6. The average Bonchev–Trinajstić information content (AvgIpc) is 3.29. The van der Waals surface area contributed by atoms with Crippen molar-refractivity contribution in [3.63, 3.8) is 0 Å². The lowest BCUT2D eigenvalue weighted by Crippen LogP contribution is -2.13. The summed E-state index contributed by atoms with van der Waals surface area (Å²) < 4.78 is 0. The summed E-state index contributed by atoms with van der Waals surface area (Å²) in [6.45, 7) is 4.62. The molecule has 2 aliphatic rings. The predicted molar refractivity (Wildman–Crippen MR) is 150 cm³/mol. The first-order chi connectivity index (χ1) is 16.8. The molecule has 0 radical (unpaired) electrons. The zero-order valence-electron chi connectivity index (χ0n) is 22.3. The second kappa shape index (κ2) is 13.5. The third-order valence-corrected chi connectivity index (χ3v) is 8.97. The largest absolute Gasteiger partial charge is 0.0654 e. The van der Waals surface area contributed by atoms with Gasteiger partial charge in [0, 0.05) is 0 Å². The van der Waals surface area contributed by atoms with E-state index in [0.29, 0.717) is 0 Å². The van der Waals surface area contributed by atoms with Crippen molar-refractivity contribution in [2.24, 2.45) is 11.8 Å². The van der Waals surface area contributed by atoms with E-state index in [2.05, 4.69) is 56.3 Å². The Balaban J connectivity index is 1.25. The molecule has 0 bridgehead atoms. The van der Waals surface area contributed by atoms with Crippen molar-refractivity contribution in [3.8, 4) is 11.1 Å². The molecule has 0 aromatic heterocycles. The van der Waals surface area contributed by atoms with Gasteiger partial charge >= 0.3 is 0 Å². The lowest BCUT2D eigenvalue weighted by atomic mass is 9.77. The normalized spacial score (nSPS) is 22.1. The molecule has 1 fully saturated rings. The van der Waals surface area contributed by atoms with Gasteiger partial charge in [0.15, 0.2) is 0 Å². The fourth-order valence-electron chi connectivity index (χ4n) is 6.72. The lowest BCUT2D eigenvalue weighted by molar-refractivity contribution is 0.303. The molecule has 2 aromatic carbocycles. The highest BCUT2D eigenvalue weighted by Gasteiger charge is 2.23. The number of unbranched alkanes of at least 4 members (excludes halogenated alkanes) is 7. The monoisotopic (exact) mass is 458 g/mol. The van der Waals surface area contributed by atoms with Crippen molar-refractivity contribution < 1.29 is 0 Å². The summed E-state index contributed by atoms with van der Waals surface area (Å²) in [5.41, 5.74) is 7.64. The summed E-state index contributed by atoms with van der Waals surface area (Å²) in [6, 6.07) is 17.0. The molecular weight excluding hydrogens is 408 g/mol.